The summed E-state index contributed by atoms with van der Waals surface area (Å²) >= 11 is 9.54. The van der Waals surface area contributed by atoms with Crippen LogP contribution in [0.1, 0.15) is 38.4 Å². The Hall–Kier alpha value is -0.0900. The number of likely N-dealkylation sites (tertiary alicyclic amines) is 1. The van der Waals surface area contributed by atoms with Gasteiger partial charge < -0.3 is 10.0 Å². The van der Waals surface area contributed by atoms with Gasteiger partial charge in [-0.1, -0.05) is 47.4 Å². The van der Waals surface area contributed by atoms with Crippen molar-refractivity contribution in [2.75, 3.05) is 19.6 Å². The van der Waals surface area contributed by atoms with Crippen LogP contribution in [0.3, 0.4) is 0 Å². The van der Waals surface area contributed by atoms with Crippen molar-refractivity contribution < 1.29 is 5.11 Å². The van der Waals surface area contributed by atoms with Crippen molar-refractivity contribution in [3.05, 3.63) is 33.3 Å². The average molecular weight is 347 g/mol. The standard InChI is InChI=1S/C15H21BrClNO/c1-15(2)6-8-18(10-15)7-5-14(19)12-4-3-11(16)9-13(12)17/h3-4,9,14,19H,5-8,10H2,1-2H3. The molecule has 1 unspecified atom stereocenters. The van der Waals surface area contributed by atoms with Crippen LogP contribution in [-0.2, 0) is 0 Å². The van der Waals surface area contributed by atoms with Crippen molar-refractivity contribution in [1.82, 2.24) is 4.90 Å². The molecule has 2 nitrogen and oxygen atoms in total. The molecule has 0 aromatic heterocycles. The van der Waals surface area contributed by atoms with Crippen LogP contribution in [0.2, 0.25) is 5.02 Å². The molecule has 1 aromatic rings. The maximum absolute atomic E-state index is 10.3. The summed E-state index contributed by atoms with van der Waals surface area (Å²) < 4.78 is 0.940. The number of aliphatic hydroxyl groups excluding tert-OH is 1. The molecule has 0 spiro atoms. The van der Waals surface area contributed by atoms with E-state index in [0.29, 0.717) is 10.4 Å². The third-order valence-corrected chi connectivity index (χ3v) is 4.62. The second-order valence-corrected chi connectivity index (χ2v) is 7.48. The second kappa shape index (κ2) is 6.13. The van der Waals surface area contributed by atoms with Gasteiger partial charge in [-0.05, 0) is 42.5 Å². The van der Waals surface area contributed by atoms with Crippen LogP contribution in [0.5, 0.6) is 0 Å². The van der Waals surface area contributed by atoms with Crippen LogP contribution < -0.4 is 0 Å². The molecule has 0 aliphatic carbocycles. The Morgan fingerprint density at radius 1 is 1.47 bits per heavy atom. The van der Waals surface area contributed by atoms with E-state index < -0.39 is 6.10 Å². The first kappa shape index (κ1) is 15.3. The highest BCUT2D eigenvalue weighted by molar-refractivity contribution is 9.10. The molecule has 4 heteroatoms. The van der Waals surface area contributed by atoms with E-state index in [1.54, 1.807) is 0 Å². The monoisotopic (exact) mass is 345 g/mol. The van der Waals surface area contributed by atoms with Crippen LogP contribution in [-0.4, -0.2) is 29.6 Å². The number of rotatable bonds is 4. The van der Waals surface area contributed by atoms with E-state index in [0.717, 1.165) is 36.1 Å². The maximum Gasteiger partial charge on any atom is 0.0816 e. The molecule has 0 radical (unpaired) electrons. The van der Waals surface area contributed by atoms with Crippen molar-refractivity contribution in [2.24, 2.45) is 5.41 Å². The molecule has 1 N–H and O–H groups in total. The molecule has 1 saturated heterocycles. The Balaban J connectivity index is 1.89. The van der Waals surface area contributed by atoms with Crippen LogP contribution in [0.4, 0.5) is 0 Å². The van der Waals surface area contributed by atoms with E-state index in [1.807, 2.05) is 18.2 Å². The number of nitrogens with zero attached hydrogens (tertiary/aromatic N) is 1. The van der Waals surface area contributed by atoms with E-state index in [9.17, 15) is 5.11 Å². The lowest BCUT2D eigenvalue weighted by Crippen LogP contribution is -2.25. The molecule has 106 valence electrons. The Morgan fingerprint density at radius 3 is 2.79 bits per heavy atom. The van der Waals surface area contributed by atoms with Gasteiger partial charge in [0, 0.05) is 22.6 Å². The van der Waals surface area contributed by atoms with Crippen LogP contribution in [0, 0.1) is 5.41 Å². The minimum atomic E-state index is -0.482. The third-order valence-electron chi connectivity index (χ3n) is 3.80. The predicted molar refractivity (Wildman–Crippen MR) is 83.6 cm³/mol. The molecular formula is C15H21BrClNO. The van der Waals surface area contributed by atoms with Crippen LogP contribution in [0.25, 0.3) is 0 Å². The summed E-state index contributed by atoms with van der Waals surface area (Å²) in [7, 11) is 0. The molecule has 1 heterocycles. The summed E-state index contributed by atoms with van der Waals surface area (Å²) in [5.74, 6) is 0. The summed E-state index contributed by atoms with van der Waals surface area (Å²) in [4.78, 5) is 2.43. The molecule has 0 saturated carbocycles. The molecule has 0 bridgehead atoms. The zero-order valence-electron chi connectivity index (χ0n) is 11.5. The van der Waals surface area contributed by atoms with Gasteiger partial charge in [-0.2, -0.15) is 0 Å². The Labute approximate surface area is 128 Å². The predicted octanol–water partition coefficient (Wildman–Crippen LogP) is 4.26. The first-order valence-corrected chi connectivity index (χ1v) is 7.90. The van der Waals surface area contributed by atoms with Gasteiger partial charge in [0.05, 0.1) is 6.10 Å². The lowest BCUT2D eigenvalue weighted by Gasteiger charge is -2.21. The van der Waals surface area contributed by atoms with Crippen LogP contribution in [0.15, 0.2) is 22.7 Å². The zero-order chi connectivity index (χ0) is 14.0. The molecule has 0 amide bonds. The van der Waals surface area contributed by atoms with Crippen molar-refractivity contribution in [1.29, 1.82) is 0 Å². The van der Waals surface area contributed by atoms with Gasteiger partial charge in [0.25, 0.3) is 0 Å². The minimum absolute atomic E-state index is 0.417. The highest BCUT2D eigenvalue weighted by atomic mass is 79.9. The fourth-order valence-corrected chi connectivity index (χ4v) is 3.45. The highest BCUT2D eigenvalue weighted by Gasteiger charge is 2.29. The van der Waals surface area contributed by atoms with E-state index in [4.69, 9.17) is 11.6 Å². The topological polar surface area (TPSA) is 23.5 Å². The van der Waals surface area contributed by atoms with Crippen LogP contribution >= 0.6 is 27.5 Å². The van der Waals surface area contributed by atoms with Gasteiger partial charge in [-0.3, -0.25) is 0 Å². The number of aliphatic hydroxyl groups is 1. The van der Waals surface area contributed by atoms with Crippen molar-refractivity contribution in [3.8, 4) is 0 Å². The number of hydrogen-bond acceptors (Lipinski definition) is 2. The lowest BCUT2D eigenvalue weighted by atomic mass is 9.93. The quantitative estimate of drug-likeness (QED) is 0.880. The number of hydrogen-bond donors (Lipinski definition) is 1. The lowest BCUT2D eigenvalue weighted by molar-refractivity contribution is 0.146. The molecule has 2 rings (SSSR count). The molecule has 1 aliphatic rings. The molecule has 1 aromatic carbocycles. The maximum atomic E-state index is 10.3. The Morgan fingerprint density at radius 2 is 2.21 bits per heavy atom. The van der Waals surface area contributed by atoms with E-state index >= 15 is 0 Å². The molecule has 1 aliphatic heterocycles. The van der Waals surface area contributed by atoms with Gasteiger partial charge in [0.15, 0.2) is 0 Å². The second-order valence-electron chi connectivity index (χ2n) is 6.16. The van der Waals surface area contributed by atoms with Gasteiger partial charge >= 0.3 is 0 Å². The fourth-order valence-electron chi connectivity index (χ4n) is 2.65. The average Bonchev–Trinajstić information content (AvgIpc) is 2.66. The summed E-state index contributed by atoms with van der Waals surface area (Å²) in [6.45, 7) is 7.78. The first-order valence-electron chi connectivity index (χ1n) is 6.73. The summed E-state index contributed by atoms with van der Waals surface area (Å²) in [6.07, 6.45) is 1.49. The normalized spacial score (nSPS) is 20.7. The van der Waals surface area contributed by atoms with Gasteiger partial charge in [-0.25, -0.2) is 0 Å². The summed E-state index contributed by atoms with van der Waals surface area (Å²) in [5.41, 5.74) is 1.24. The van der Waals surface area contributed by atoms with Gasteiger partial charge in [-0.15, -0.1) is 0 Å². The van der Waals surface area contributed by atoms with Crippen molar-refractivity contribution >= 4 is 27.5 Å². The Kier molecular flexibility index (Phi) is 4.93. The number of benzene rings is 1. The summed E-state index contributed by atoms with van der Waals surface area (Å²) in [5, 5.41) is 10.9. The van der Waals surface area contributed by atoms with E-state index in [1.165, 1.54) is 6.42 Å². The number of halogens is 2. The molecular weight excluding hydrogens is 326 g/mol. The molecule has 1 fully saturated rings. The van der Waals surface area contributed by atoms with E-state index in [-0.39, 0.29) is 0 Å². The van der Waals surface area contributed by atoms with Gasteiger partial charge in [0.1, 0.15) is 0 Å². The SMILES string of the molecule is CC1(C)CCN(CCC(O)c2ccc(Br)cc2Cl)C1. The summed E-state index contributed by atoms with van der Waals surface area (Å²) in [6, 6.07) is 5.65. The highest BCUT2D eigenvalue weighted by Crippen LogP contribution is 2.31. The minimum Gasteiger partial charge on any atom is -0.388 e. The zero-order valence-corrected chi connectivity index (χ0v) is 13.8. The largest absolute Gasteiger partial charge is 0.388 e. The fraction of sp³-hybridized carbons (Fsp3) is 0.600. The smallest absolute Gasteiger partial charge is 0.0816 e. The Bertz CT molecular complexity index is 450. The van der Waals surface area contributed by atoms with Gasteiger partial charge in [0.2, 0.25) is 0 Å². The van der Waals surface area contributed by atoms with E-state index in [2.05, 4.69) is 34.7 Å². The third kappa shape index (κ3) is 4.19. The molecule has 1 atom stereocenters. The van der Waals surface area contributed by atoms with Crippen molar-refractivity contribution in [3.63, 3.8) is 0 Å². The molecule has 19 heavy (non-hydrogen) atoms. The van der Waals surface area contributed by atoms with Crippen molar-refractivity contribution in [2.45, 2.75) is 32.8 Å². The first-order chi connectivity index (χ1) is 8.87.